The van der Waals surface area contributed by atoms with Crippen molar-refractivity contribution >= 4 is 43.2 Å². The van der Waals surface area contributed by atoms with Crippen LogP contribution < -0.4 is 5.32 Å². The van der Waals surface area contributed by atoms with Crippen molar-refractivity contribution in [2.45, 2.75) is 51.2 Å². The van der Waals surface area contributed by atoms with Crippen LogP contribution in [-0.2, 0) is 4.74 Å². The second-order valence-electron chi connectivity index (χ2n) is 5.00. The summed E-state index contributed by atoms with van der Waals surface area (Å²) in [5.41, 5.74) is 1.38. The van der Waals surface area contributed by atoms with Gasteiger partial charge in [0, 0.05) is 12.6 Å². The Morgan fingerprint density at radius 2 is 2.37 bits per heavy atom. The number of rotatable bonds is 7. The molecular formula is C14H21Br2NOS. The summed E-state index contributed by atoms with van der Waals surface area (Å²) in [6, 6.07) is 2.67. The number of halogens is 2. The monoisotopic (exact) mass is 409 g/mol. The van der Waals surface area contributed by atoms with Crippen molar-refractivity contribution in [3.63, 3.8) is 0 Å². The van der Waals surface area contributed by atoms with Crippen molar-refractivity contribution in [1.29, 1.82) is 0 Å². The molecule has 2 nitrogen and oxygen atoms in total. The van der Waals surface area contributed by atoms with E-state index in [2.05, 4.69) is 50.2 Å². The minimum Gasteiger partial charge on any atom is -0.378 e. The summed E-state index contributed by atoms with van der Waals surface area (Å²) in [6.07, 6.45) is 6.40. The van der Waals surface area contributed by atoms with Crippen LogP contribution in [0.2, 0.25) is 0 Å². The molecular weight excluding hydrogens is 390 g/mol. The summed E-state index contributed by atoms with van der Waals surface area (Å²) < 4.78 is 8.16. The summed E-state index contributed by atoms with van der Waals surface area (Å²) in [5.74, 6) is 0. The van der Waals surface area contributed by atoms with E-state index in [9.17, 15) is 0 Å². The highest BCUT2D eigenvalue weighted by molar-refractivity contribution is 9.12. The third kappa shape index (κ3) is 4.81. The van der Waals surface area contributed by atoms with Crippen molar-refractivity contribution in [2.75, 3.05) is 13.2 Å². The van der Waals surface area contributed by atoms with Crippen LogP contribution in [0.1, 0.15) is 50.6 Å². The third-order valence-corrected chi connectivity index (χ3v) is 5.89. The second kappa shape index (κ2) is 8.13. The van der Waals surface area contributed by atoms with E-state index in [0.717, 1.165) is 26.0 Å². The van der Waals surface area contributed by atoms with Gasteiger partial charge < -0.3 is 10.1 Å². The molecule has 1 N–H and O–H groups in total. The zero-order chi connectivity index (χ0) is 13.7. The van der Waals surface area contributed by atoms with Crippen LogP contribution in [-0.4, -0.2) is 19.3 Å². The topological polar surface area (TPSA) is 21.3 Å². The molecule has 1 aromatic rings. The highest BCUT2D eigenvalue weighted by Crippen LogP contribution is 2.37. The lowest BCUT2D eigenvalue weighted by molar-refractivity contribution is 0.0996. The molecule has 1 saturated heterocycles. The average Bonchev–Trinajstić information content (AvgIpc) is 3.00. The smallest absolute Gasteiger partial charge is 0.0758 e. The van der Waals surface area contributed by atoms with Crippen molar-refractivity contribution in [3.05, 3.63) is 19.2 Å². The molecule has 0 radical (unpaired) electrons. The highest BCUT2D eigenvalue weighted by Gasteiger charge is 2.21. The van der Waals surface area contributed by atoms with Gasteiger partial charge in [-0.25, -0.2) is 0 Å². The van der Waals surface area contributed by atoms with E-state index in [0.29, 0.717) is 12.1 Å². The molecule has 1 aliphatic heterocycles. The first-order valence-electron chi connectivity index (χ1n) is 7.00. The summed E-state index contributed by atoms with van der Waals surface area (Å²) in [5, 5.41) is 3.66. The summed E-state index contributed by atoms with van der Waals surface area (Å²) in [6.45, 7) is 4.23. The predicted molar refractivity (Wildman–Crippen MR) is 89.0 cm³/mol. The van der Waals surface area contributed by atoms with E-state index in [1.165, 1.54) is 32.4 Å². The van der Waals surface area contributed by atoms with Crippen molar-refractivity contribution in [1.82, 2.24) is 5.32 Å². The lowest BCUT2D eigenvalue weighted by atomic mass is 10.0. The molecule has 2 atom stereocenters. The van der Waals surface area contributed by atoms with Crippen molar-refractivity contribution < 1.29 is 4.74 Å². The lowest BCUT2D eigenvalue weighted by Crippen LogP contribution is -2.23. The second-order valence-corrected chi connectivity index (χ2v) is 8.75. The first-order valence-corrected chi connectivity index (χ1v) is 9.40. The highest BCUT2D eigenvalue weighted by atomic mass is 79.9. The number of hydrogen-bond acceptors (Lipinski definition) is 3. The zero-order valence-corrected chi connectivity index (χ0v) is 15.2. The Morgan fingerprint density at radius 3 is 2.95 bits per heavy atom. The van der Waals surface area contributed by atoms with Crippen molar-refractivity contribution in [2.24, 2.45) is 0 Å². The third-order valence-electron chi connectivity index (χ3n) is 3.50. The SMILES string of the molecule is CCCNC(CCC1CCCO1)c1cc(Br)sc1Br. The predicted octanol–water partition coefficient (Wildman–Crippen LogP) is 5.27. The summed E-state index contributed by atoms with van der Waals surface area (Å²) in [4.78, 5) is 0. The Bertz CT molecular complexity index is 391. The van der Waals surface area contributed by atoms with E-state index < -0.39 is 0 Å². The molecule has 0 spiro atoms. The lowest BCUT2D eigenvalue weighted by Gasteiger charge is -2.20. The molecule has 2 unspecified atom stereocenters. The van der Waals surface area contributed by atoms with Gasteiger partial charge in [-0.3, -0.25) is 0 Å². The van der Waals surface area contributed by atoms with Crippen LogP contribution in [0.4, 0.5) is 0 Å². The van der Waals surface area contributed by atoms with Crippen LogP contribution in [0.15, 0.2) is 13.6 Å². The van der Waals surface area contributed by atoms with Gasteiger partial charge in [-0.2, -0.15) is 0 Å². The van der Waals surface area contributed by atoms with E-state index in [4.69, 9.17) is 4.74 Å². The van der Waals surface area contributed by atoms with Gasteiger partial charge in [0.15, 0.2) is 0 Å². The van der Waals surface area contributed by atoms with Gasteiger partial charge in [0.2, 0.25) is 0 Å². The fourth-order valence-electron chi connectivity index (χ4n) is 2.50. The quantitative estimate of drug-likeness (QED) is 0.660. The fraction of sp³-hybridized carbons (Fsp3) is 0.714. The largest absolute Gasteiger partial charge is 0.378 e. The van der Waals surface area contributed by atoms with Gasteiger partial charge in [0.05, 0.1) is 13.7 Å². The summed E-state index contributed by atoms with van der Waals surface area (Å²) in [7, 11) is 0. The molecule has 0 bridgehead atoms. The molecule has 19 heavy (non-hydrogen) atoms. The molecule has 2 heterocycles. The maximum atomic E-state index is 5.73. The van der Waals surface area contributed by atoms with Gasteiger partial charge in [-0.05, 0) is 82.1 Å². The molecule has 2 rings (SSSR count). The van der Waals surface area contributed by atoms with Gasteiger partial charge in [-0.1, -0.05) is 6.92 Å². The van der Waals surface area contributed by atoms with Crippen LogP contribution in [0.25, 0.3) is 0 Å². The van der Waals surface area contributed by atoms with E-state index in [1.807, 2.05) is 0 Å². The Morgan fingerprint density at radius 1 is 1.53 bits per heavy atom. The molecule has 1 aromatic heterocycles. The molecule has 0 aliphatic carbocycles. The molecule has 1 aliphatic rings. The minimum absolute atomic E-state index is 0.432. The number of hydrogen-bond donors (Lipinski definition) is 1. The molecule has 0 saturated carbocycles. The first kappa shape index (κ1) is 16.0. The standard InChI is InChI=1S/C14H21Br2NOS/c1-2-7-17-12(6-5-10-4-3-8-18-10)11-9-13(15)19-14(11)16/h9-10,12,17H,2-8H2,1H3. The van der Waals surface area contributed by atoms with Crippen LogP contribution in [0, 0.1) is 0 Å². The van der Waals surface area contributed by atoms with Crippen molar-refractivity contribution in [3.8, 4) is 0 Å². The van der Waals surface area contributed by atoms with E-state index >= 15 is 0 Å². The van der Waals surface area contributed by atoms with Gasteiger partial charge in [0.25, 0.3) is 0 Å². The Balaban J connectivity index is 1.96. The fourth-order valence-corrected chi connectivity index (χ4v) is 5.48. The number of ether oxygens (including phenoxy) is 1. The minimum atomic E-state index is 0.432. The van der Waals surface area contributed by atoms with Gasteiger partial charge in [-0.15, -0.1) is 11.3 Å². The van der Waals surface area contributed by atoms with E-state index in [1.54, 1.807) is 11.3 Å². The van der Waals surface area contributed by atoms with E-state index in [-0.39, 0.29) is 0 Å². The van der Waals surface area contributed by atoms with Gasteiger partial charge >= 0.3 is 0 Å². The maximum absolute atomic E-state index is 5.73. The molecule has 5 heteroatoms. The zero-order valence-electron chi connectivity index (χ0n) is 11.3. The average molecular weight is 411 g/mol. The normalized spacial score (nSPS) is 20.9. The maximum Gasteiger partial charge on any atom is 0.0758 e. The molecule has 108 valence electrons. The molecule has 1 fully saturated rings. The Hall–Kier alpha value is 0.580. The number of thiophene rings is 1. The molecule has 0 aromatic carbocycles. The van der Waals surface area contributed by atoms with Crippen LogP contribution in [0.5, 0.6) is 0 Å². The molecule has 0 amide bonds. The number of nitrogens with one attached hydrogen (secondary N) is 1. The van der Waals surface area contributed by atoms with Crippen LogP contribution >= 0.6 is 43.2 Å². The first-order chi connectivity index (χ1) is 9.20. The Kier molecular flexibility index (Phi) is 6.83. The van der Waals surface area contributed by atoms with Crippen LogP contribution in [0.3, 0.4) is 0 Å². The van der Waals surface area contributed by atoms with Gasteiger partial charge in [0.1, 0.15) is 0 Å². The Labute approximate surface area is 136 Å². The summed E-state index contributed by atoms with van der Waals surface area (Å²) >= 11 is 9.00.